The third-order valence-electron chi connectivity index (χ3n) is 4.39. The third kappa shape index (κ3) is 3.17. The molecule has 0 aliphatic heterocycles. The number of imidazole rings is 1. The number of nitrogens with zero attached hydrogens (tertiary/aromatic N) is 2. The molecular formula is C17H20ClN3O. The first kappa shape index (κ1) is 15.1. The molecule has 0 saturated heterocycles. The Labute approximate surface area is 135 Å². The van der Waals surface area contributed by atoms with Gasteiger partial charge in [-0.15, -0.1) is 0 Å². The van der Waals surface area contributed by atoms with Gasteiger partial charge in [-0.05, 0) is 30.9 Å². The number of H-pyrrole nitrogens is 1. The van der Waals surface area contributed by atoms with E-state index in [1.54, 1.807) is 6.33 Å². The van der Waals surface area contributed by atoms with Crippen LogP contribution < -0.4 is 0 Å². The number of rotatable bonds is 4. The fraction of sp³-hybridized carbons (Fsp3) is 0.412. The molecule has 3 rings (SSSR count). The number of amides is 1. The molecule has 1 aromatic carbocycles. The molecule has 22 heavy (non-hydrogen) atoms. The summed E-state index contributed by atoms with van der Waals surface area (Å²) < 4.78 is 0. The van der Waals surface area contributed by atoms with Crippen LogP contribution in [0.3, 0.4) is 0 Å². The number of likely N-dealkylation sites (N-methyl/N-ethyl adjacent to an activating group) is 1. The molecule has 4 nitrogen and oxygen atoms in total. The molecule has 1 aliphatic rings. The van der Waals surface area contributed by atoms with Crippen molar-refractivity contribution in [2.75, 3.05) is 13.6 Å². The Morgan fingerprint density at radius 2 is 2.27 bits per heavy atom. The molecule has 0 bridgehead atoms. The van der Waals surface area contributed by atoms with Gasteiger partial charge >= 0.3 is 0 Å². The van der Waals surface area contributed by atoms with Gasteiger partial charge in [-0.3, -0.25) is 4.79 Å². The molecule has 116 valence electrons. The molecule has 0 fully saturated rings. The summed E-state index contributed by atoms with van der Waals surface area (Å²) in [6.45, 7) is 0.687. The van der Waals surface area contributed by atoms with E-state index in [0.29, 0.717) is 6.54 Å². The van der Waals surface area contributed by atoms with Gasteiger partial charge in [0.15, 0.2) is 0 Å². The van der Waals surface area contributed by atoms with E-state index in [4.69, 9.17) is 11.6 Å². The number of carbonyl (C=O) groups excluding carboxylic acids is 1. The van der Waals surface area contributed by atoms with Gasteiger partial charge in [-0.25, -0.2) is 4.98 Å². The van der Waals surface area contributed by atoms with Crippen molar-refractivity contribution in [2.45, 2.75) is 25.7 Å². The van der Waals surface area contributed by atoms with Crippen LogP contribution in [0.25, 0.3) is 0 Å². The van der Waals surface area contributed by atoms with Crippen molar-refractivity contribution in [2.24, 2.45) is 5.92 Å². The summed E-state index contributed by atoms with van der Waals surface area (Å²) in [5.74, 6) is 0.257. The lowest BCUT2D eigenvalue weighted by molar-refractivity contribution is -0.134. The number of halogens is 1. The van der Waals surface area contributed by atoms with Crippen molar-refractivity contribution < 1.29 is 4.79 Å². The molecule has 1 unspecified atom stereocenters. The fourth-order valence-corrected chi connectivity index (χ4v) is 3.25. The second-order valence-corrected chi connectivity index (χ2v) is 6.28. The molecular weight excluding hydrogens is 298 g/mol. The first-order chi connectivity index (χ1) is 10.6. The van der Waals surface area contributed by atoms with Gasteiger partial charge in [0.2, 0.25) is 5.91 Å². The maximum Gasteiger partial charge on any atom is 0.225 e. The van der Waals surface area contributed by atoms with Crippen molar-refractivity contribution in [1.29, 1.82) is 0 Å². The normalized spacial score (nSPS) is 17.1. The van der Waals surface area contributed by atoms with E-state index < -0.39 is 0 Å². The largest absolute Gasteiger partial charge is 0.348 e. The van der Waals surface area contributed by atoms with Crippen LogP contribution in [0.15, 0.2) is 30.6 Å². The number of hydrogen-bond acceptors (Lipinski definition) is 2. The van der Waals surface area contributed by atoms with Crippen LogP contribution in [0.2, 0.25) is 5.02 Å². The highest BCUT2D eigenvalue weighted by Gasteiger charge is 2.28. The lowest BCUT2D eigenvalue weighted by Crippen LogP contribution is -2.37. The average Bonchev–Trinajstić information content (AvgIpc) is 3.00. The minimum absolute atomic E-state index is 0.0482. The number of carbonyl (C=O) groups is 1. The number of fused-ring (bicyclic) bond motifs is 1. The molecule has 1 heterocycles. The Balaban J connectivity index is 1.57. The van der Waals surface area contributed by atoms with Gasteiger partial charge in [0.05, 0.1) is 12.0 Å². The lowest BCUT2D eigenvalue weighted by Gasteiger charge is -2.26. The summed E-state index contributed by atoms with van der Waals surface area (Å²) in [7, 11) is 1.87. The smallest absolute Gasteiger partial charge is 0.225 e. The molecule has 1 atom stereocenters. The van der Waals surface area contributed by atoms with Gasteiger partial charge in [0.1, 0.15) is 0 Å². The van der Waals surface area contributed by atoms with E-state index in [2.05, 4.69) is 9.97 Å². The first-order valence-electron chi connectivity index (χ1n) is 7.64. The van der Waals surface area contributed by atoms with Crippen molar-refractivity contribution in [1.82, 2.24) is 14.9 Å². The van der Waals surface area contributed by atoms with Gasteiger partial charge in [-0.2, -0.15) is 0 Å². The number of aryl methyl sites for hydroxylation is 1. The van der Waals surface area contributed by atoms with Crippen molar-refractivity contribution in [3.63, 3.8) is 0 Å². The van der Waals surface area contributed by atoms with E-state index in [9.17, 15) is 4.79 Å². The summed E-state index contributed by atoms with van der Waals surface area (Å²) in [4.78, 5) is 21.9. The van der Waals surface area contributed by atoms with Crippen molar-refractivity contribution >= 4 is 17.5 Å². The van der Waals surface area contributed by atoms with Crippen LogP contribution in [0.4, 0.5) is 0 Å². The molecule has 0 spiro atoms. The topological polar surface area (TPSA) is 49.0 Å². The van der Waals surface area contributed by atoms with Gasteiger partial charge in [0.25, 0.3) is 0 Å². The lowest BCUT2D eigenvalue weighted by atomic mass is 9.89. The Kier molecular flexibility index (Phi) is 4.48. The first-order valence-corrected chi connectivity index (χ1v) is 8.02. The summed E-state index contributed by atoms with van der Waals surface area (Å²) in [5.41, 5.74) is 3.31. The van der Waals surface area contributed by atoms with Crippen LogP contribution in [-0.2, 0) is 24.1 Å². The Hall–Kier alpha value is -1.81. The molecule has 0 radical (unpaired) electrons. The second kappa shape index (κ2) is 6.53. The van der Waals surface area contributed by atoms with Crippen molar-refractivity contribution in [3.05, 3.63) is 52.6 Å². The van der Waals surface area contributed by atoms with Crippen molar-refractivity contribution in [3.8, 4) is 0 Å². The summed E-state index contributed by atoms with van der Waals surface area (Å²) >= 11 is 6.16. The standard InChI is InChI=1S/C17H20ClN3O/c1-21(9-8-12-4-2-3-5-14(12)18)17(22)13-6-7-15-16(10-13)20-11-19-15/h2-5,11,13H,6-10H2,1H3,(H,19,20). The van der Waals surface area contributed by atoms with Crippen LogP contribution in [0.5, 0.6) is 0 Å². The predicted octanol–water partition coefficient (Wildman–Crippen LogP) is 2.87. The van der Waals surface area contributed by atoms with E-state index in [1.807, 2.05) is 36.2 Å². The zero-order valence-electron chi connectivity index (χ0n) is 12.7. The number of benzene rings is 1. The zero-order valence-corrected chi connectivity index (χ0v) is 13.4. The second-order valence-electron chi connectivity index (χ2n) is 5.87. The highest BCUT2D eigenvalue weighted by Crippen LogP contribution is 2.24. The monoisotopic (exact) mass is 317 g/mol. The van der Waals surface area contributed by atoms with Crippen LogP contribution in [-0.4, -0.2) is 34.4 Å². The number of hydrogen-bond donors (Lipinski definition) is 1. The summed E-state index contributed by atoms with van der Waals surface area (Å²) in [6, 6.07) is 7.80. The molecule has 1 aliphatic carbocycles. The number of aromatic nitrogens is 2. The van der Waals surface area contributed by atoms with Gasteiger partial charge in [-0.1, -0.05) is 29.8 Å². The molecule has 5 heteroatoms. The van der Waals surface area contributed by atoms with E-state index in [-0.39, 0.29) is 11.8 Å². The highest BCUT2D eigenvalue weighted by molar-refractivity contribution is 6.31. The Morgan fingerprint density at radius 3 is 3.09 bits per heavy atom. The fourth-order valence-electron chi connectivity index (χ4n) is 3.02. The minimum atomic E-state index is 0.0482. The predicted molar refractivity (Wildman–Crippen MR) is 86.9 cm³/mol. The van der Waals surface area contributed by atoms with E-state index in [1.165, 1.54) is 5.69 Å². The molecule has 2 aromatic rings. The maximum atomic E-state index is 12.6. The van der Waals surface area contributed by atoms with Gasteiger partial charge < -0.3 is 9.88 Å². The third-order valence-corrected chi connectivity index (χ3v) is 4.76. The summed E-state index contributed by atoms with van der Waals surface area (Å²) in [5, 5.41) is 0.766. The van der Waals surface area contributed by atoms with Crippen LogP contribution in [0, 0.1) is 5.92 Å². The number of nitrogens with one attached hydrogen (secondary N) is 1. The molecule has 0 saturated carbocycles. The number of aromatic amines is 1. The highest BCUT2D eigenvalue weighted by atomic mass is 35.5. The Morgan fingerprint density at radius 1 is 1.45 bits per heavy atom. The average molecular weight is 318 g/mol. The molecule has 1 amide bonds. The quantitative estimate of drug-likeness (QED) is 0.942. The van der Waals surface area contributed by atoms with Gasteiger partial charge in [0, 0.05) is 36.6 Å². The molecule has 1 N–H and O–H groups in total. The zero-order chi connectivity index (χ0) is 15.5. The summed E-state index contributed by atoms with van der Waals surface area (Å²) in [6.07, 6.45) is 5.05. The van der Waals surface area contributed by atoms with E-state index >= 15 is 0 Å². The van der Waals surface area contributed by atoms with Crippen LogP contribution >= 0.6 is 11.6 Å². The van der Waals surface area contributed by atoms with E-state index in [0.717, 1.165) is 42.0 Å². The molecule has 1 aromatic heterocycles. The van der Waals surface area contributed by atoms with Crippen LogP contribution in [0.1, 0.15) is 23.4 Å². The minimum Gasteiger partial charge on any atom is -0.348 e. The Bertz CT molecular complexity index is 667. The SMILES string of the molecule is CN(CCc1ccccc1Cl)C(=O)C1CCc2[nH]cnc2C1. The maximum absolute atomic E-state index is 12.6.